The van der Waals surface area contributed by atoms with Crippen molar-refractivity contribution in [3.8, 4) is 0 Å². The fourth-order valence-corrected chi connectivity index (χ4v) is 2.76. The van der Waals surface area contributed by atoms with E-state index in [2.05, 4.69) is 71.0 Å². The smallest absolute Gasteiger partial charge is 0.216 e. The summed E-state index contributed by atoms with van der Waals surface area (Å²) in [5, 5.41) is 4.11. The molecule has 20 heavy (non-hydrogen) atoms. The Hall–Kier alpha value is -1.29. The molecule has 0 spiro atoms. The van der Waals surface area contributed by atoms with Gasteiger partial charge in [0.1, 0.15) is 0 Å². The van der Waals surface area contributed by atoms with Crippen LogP contribution in [0.25, 0.3) is 10.9 Å². The van der Waals surface area contributed by atoms with Gasteiger partial charge < -0.3 is 9.88 Å². The molecule has 1 N–H and O–H groups in total. The Bertz CT molecular complexity index is 638. The van der Waals surface area contributed by atoms with Crippen molar-refractivity contribution in [3.63, 3.8) is 0 Å². The number of aromatic nitrogens is 1. The van der Waals surface area contributed by atoms with Crippen LogP contribution in [0.4, 0.5) is 0 Å². The lowest BCUT2D eigenvalue weighted by molar-refractivity contribution is -0.118. The largest absolute Gasteiger partial charge is 0.356 e. The van der Waals surface area contributed by atoms with Gasteiger partial charge in [-0.2, -0.15) is 0 Å². The Morgan fingerprint density at radius 3 is 2.65 bits per heavy atom. The van der Waals surface area contributed by atoms with E-state index in [0.29, 0.717) is 6.54 Å². The molecule has 108 valence electrons. The van der Waals surface area contributed by atoms with Crippen LogP contribution in [-0.4, -0.2) is 17.0 Å². The van der Waals surface area contributed by atoms with Gasteiger partial charge in [-0.1, -0.05) is 15.9 Å². The van der Waals surface area contributed by atoms with E-state index in [-0.39, 0.29) is 11.4 Å². The molecule has 0 fully saturated rings. The first-order valence-electron chi connectivity index (χ1n) is 6.83. The van der Waals surface area contributed by atoms with E-state index in [1.165, 1.54) is 16.5 Å². The van der Waals surface area contributed by atoms with Gasteiger partial charge in [-0.15, -0.1) is 0 Å². The molecular formula is C16H21BrN2O. The first kappa shape index (κ1) is 15.1. The zero-order chi connectivity index (χ0) is 14.9. The van der Waals surface area contributed by atoms with Gasteiger partial charge in [0.15, 0.2) is 0 Å². The molecule has 0 aliphatic heterocycles. The van der Waals surface area contributed by atoms with Crippen LogP contribution in [0.15, 0.2) is 28.9 Å². The molecule has 1 heterocycles. The van der Waals surface area contributed by atoms with Gasteiger partial charge >= 0.3 is 0 Å². The maximum absolute atomic E-state index is 11.0. The van der Waals surface area contributed by atoms with E-state index in [1.807, 2.05) is 0 Å². The van der Waals surface area contributed by atoms with Crippen LogP contribution in [0, 0.1) is 0 Å². The van der Waals surface area contributed by atoms with Crippen LogP contribution >= 0.6 is 15.9 Å². The summed E-state index contributed by atoms with van der Waals surface area (Å²) < 4.78 is 3.38. The molecule has 0 aliphatic carbocycles. The molecule has 0 saturated heterocycles. The molecule has 2 rings (SSSR count). The second-order valence-corrected chi connectivity index (χ2v) is 7.01. The third-order valence-corrected chi connectivity index (χ3v) is 3.83. The summed E-state index contributed by atoms with van der Waals surface area (Å²) >= 11 is 3.54. The van der Waals surface area contributed by atoms with Crippen LogP contribution in [-0.2, 0) is 16.8 Å². The molecular weight excluding hydrogens is 316 g/mol. The van der Waals surface area contributed by atoms with Crippen molar-refractivity contribution >= 4 is 32.7 Å². The Morgan fingerprint density at radius 2 is 2.05 bits per heavy atom. The van der Waals surface area contributed by atoms with E-state index < -0.39 is 0 Å². The number of benzene rings is 1. The molecule has 4 heteroatoms. The second-order valence-electron chi connectivity index (χ2n) is 6.09. The minimum absolute atomic E-state index is 0.0192. The van der Waals surface area contributed by atoms with Crippen LogP contribution in [0.5, 0.6) is 0 Å². The van der Waals surface area contributed by atoms with Gasteiger partial charge in [0.2, 0.25) is 5.91 Å². The molecule has 0 atom stereocenters. The molecule has 0 aliphatic rings. The highest BCUT2D eigenvalue weighted by atomic mass is 79.9. The maximum atomic E-state index is 11.0. The number of rotatable bonds is 3. The van der Waals surface area contributed by atoms with Crippen LogP contribution in [0.1, 0.15) is 33.3 Å². The fraction of sp³-hybridized carbons (Fsp3) is 0.438. The summed E-state index contributed by atoms with van der Waals surface area (Å²) in [5.74, 6) is 0.0192. The standard InChI is InChI=1S/C16H21BrN2O/c1-11(20)18-8-7-12-10-19(16(2,3)4)15-6-5-13(17)9-14(12)15/h5-6,9-10H,7-8H2,1-4H3,(H,18,20). The Morgan fingerprint density at radius 1 is 1.35 bits per heavy atom. The number of carbonyl (C=O) groups excluding carboxylic acids is 1. The SMILES string of the molecule is CC(=O)NCCc1cn(C(C)(C)C)c2ccc(Br)cc12. The van der Waals surface area contributed by atoms with Crippen molar-refractivity contribution in [3.05, 3.63) is 34.4 Å². The normalized spacial score (nSPS) is 11.8. The van der Waals surface area contributed by atoms with Gasteiger partial charge in [-0.05, 0) is 51.0 Å². The molecule has 0 radical (unpaired) electrons. The first-order chi connectivity index (χ1) is 9.29. The molecule has 0 bridgehead atoms. The number of hydrogen-bond donors (Lipinski definition) is 1. The molecule has 1 aromatic heterocycles. The topological polar surface area (TPSA) is 34.0 Å². The highest BCUT2D eigenvalue weighted by Crippen LogP contribution is 2.30. The highest BCUT2D eigenvalue weighted by Gasteiger charge is 2.18. The first-order valence-corrected chi connectivity index (χ1v) is 7.63. The number of nitrogens with zero attached hydrogens (tertiary/aromatic N) is 1. The number of amides is 1. The molecule has 1 aromatic carbocycles. The number of halogens is 1. The number of nitrogens with one attached hydrogen (secondary N) is 1. The molecule has 1 amide bonds. The number of hydrogen-bond acceptors (Lipinski definition) is 1. The minimum Gasteiger partial charge on any atom is -0.356 e. The van der Waals surface area contributed by atoms with Crippen molar-refractivity contribution in [2.75, 3.05) is 6.54 Å². The zero-order valence-corrected chi connectivity index (χ0v) is 14.0. The van der Waals surface area contributed by atoms with Crippen molar-refractivity contribution in [1.82, 2.24) is 9.88 Å². The minimum atomic E-state index is 0.0192. The Kier molecular flexibility index (Phi) is 4.23. The van der Waals surface area contributed by atoms with Crippen LogP contribution < -0.4 is 5.32 Å². The lowest BCUT2D eigenvalue weighted by Gasteiger charge is -2.22. The lowest BCUT2D eigenvalue weighted by atomic mass is 10.1. The average molecular weight is 337 g/mol. The quantitative estimate of drug-likeness (QED) is 0.907. The summed E-state index contributed by atoms with van der Waals surface area (Å²) in [6, 6.07) is 6.37. The third-order valence-electron chi connectivity index (χ3n) is 3.34. The highest BCUT2D eigenvalue weighted by molar-refractivity contribution is 9.10. The summed E-state index contributed by atoms with van der Waals surface area (Å²) in [6.07, 6.45) is 3.05. The van der Waals surface area contributed by atoms with E-state index in [9.17, 15) is 4.79 Å². The van der Waals surface area contributed by atoms with Crippen LogP contribution in [0.3, 0.4) is 0 Å². The van der Waals surface area contributed by atoms with Gasteiger partial charge in [0.25, 0.3) is 0 Å². The Balaban J connectivity index is 2.43. The number of fused-ring (bicyclic) bond motifs is 1. The summed E-state index contributed by atoms with van der Waals surface area (Å²) in [6.45, 7) is 8.82. The van der Waals surface area contributed by atoms with Crippen LogP contribution in [0.2, 0.25) is 0 Å². The molecule has 2 aromatic rings. The Labute approximate surface area is 128 Å². The van der Waals surface area contributed by atoms with Crippen molar-refractivity contribution < 1.29 is 4.79 Å². The predicted molar refractivity (Wildman–Crippen MR) is 87.0 cm³/mol. The number of carbonyl (C=O) groups is 1. The van der Waals surface area contributed by atoms with Gasteiger partial charge in [-0.25, -0.2) is 0 Å². The molecule has 0 saturated carbocycles. The average Bonchev–Trinajstić information content (AvgIpc) is 2.67. The van der Waals surface area contributed by atoms with E-state index in [0.717, 1.165) is 10.9 Å². The molecule has 3 nitrogen and oxygen atoms in total. The van der Waals surface area contributed by atoms with Gasteiger partial charge in [-0.3, -0.25) is 4.79 Å². The van der Waals surface area contributed by atoms with E-state index >= 15 is 0 Å². The summed E-state index contributed by atoms with van der Waals surface area (Å²) in [7, 11) is 0. The summed E-state index contributed by atoms with van der Waals surface area (Å²) in [5.41, 5.74) is 2.54. The lowest BCUT2D eigenvalue weighted by Crippen LogP contribution is -2.22. The van der Waals surface area contributed by atoms with Crippen molar-refractivity contribution in [2.24, 2.45) is 0 Å². The van der Waals surface area contributed by atoms with Gasteiger partial charge in [0.05, 0.1) is 0 Å². The second kappa shape index (κ2) is 5.60. The van der Waals surface area contributed by atoms with E-state index in [4.69, 9.17) is 0 Å². The molecule has 0 unspecified atom stereocenters. The fourth-order valence-electron chi connectivity index (χ4n) is 2.40. The van der Waals surface area contributed by atoms with Crippen molar-refractivity contribution in [2.45, 2.75) is 39.7 Å². The monoisotopic (exact) mass is 336 g/mol. The third kappa shape index (κ3) is 3.23. The predicted octanol–water partition coefficient (Wildman–Crippen LogP) is 3.84. The maximum Gasteiger partial charge on any atom is 0.216 e. The zero-order valence-electron chi connectivity index (χ0n) is 12.5. The van der Waals surface area contributed by atoms with Crippen molar-refractivity contribution in [1.29, 1.82) is 0 Å². The van der Waals surface area contributed by atoms with Gasteiger partial charge in [0, 0.05) is 40.6 Å². The van der Waals surface area contributed by atoms with E-state index in [1.54, 1.807) is 6.92 Å². The summed E-state index contributed by atoms with van der Waals surface area (Å²) in [4.78, 5) is 11.0.